The van der Waals surface area contributed by atoms with Crippen LogP contribution in [0.2, 0.25) is 0 Å². The van der Waals surface area contributed by atoms with Crippen LogP contribution in [0.15, 0.2) is 0 Å². The molecule has 0 aliphatic carbocycles. The fourth-order valence-electron chi connectivity index (χ4n) is 2.70. The molecule has 5 nitrogen and oxygen atoms in total. The van der Waals surface area contributed by atoms with Crippen LogP contribution in [0.5, 0.6) is 0 Å². The van der Waals surface area contributed by atoms with Gasteiger partial charge in [0.1, 0.15) is 0 Å². The first kappa shape index (κ1) is 17.2. The number of carbonyl (C=O) groups is 1. The Balaban J connectivity index is 2.33. The molecule has 0 aromatic heterocycles. The van der Waals surface area contributed by atoms with E-state index < -0.39 is 0 Å². The highest BCUT2D eigenvalue weighted by molar-refractivity contribution is 5.74. The molecule has 5 heteroatoms. The smallest absolute Gasteiger partial charge is 0.315 e. The van der Waals surface area contributed by atoms with Crippen LogP contribution in [0.4, 0.5) is 4.79 Å². The highest BCUT2D eigenvalue weighted by Gasteiger charge is 2.27. The summed E-state index contributed by atoms with van der Waals surface area (Å²) in [4.78, 5) is 14.0. The minimum atomic E-state index is -0.251. The molecule has 2 unspecified atom stereocenters. The van der Waals surface area contributed by atoms with Crippen molar-refractivity contribution in [2.24, 2.45) is 0 Å². The van der Waals surface area contributed by atoms with E-state index in [0.29, 0.717) is 6.54 Å². The zero-order valence-electron chi connectivity index (χ0n) is 13.4. The second-order valence-electron chi connectivity index (χ2n) is 6.71. The summed E-state index contributed by atoms with van der Waals surface area (Å²) in [5.74, 6) is 0. The molecule has 0 spiro atoms. The molecule has 0 saturated carbocycles. The van der Waals surface area contributed by atoms with Gasteiger partial charge in [-0.25, -0.2) is 4.79 Å². The van der Waals surface area contributed by atoms with Gasteiger partial charge in [0.05, 0.1) is 6.10 Å². The Labute approximate surface area is 123 Å². The van der Waals surface area contributed by atoms with Crippen molar-refractivity contribution in [3.05, 3.63) is 0 Å². The molecule has 3 N–H and O–H groups in total. The van der Waals surface area contributed by atoms with Crippen LogP contribution in [0.1, 0.15) is 53.4 Å². The molecule has 1 heterocycles. The van der Waals surface area contributed by atoms with E-state index in [1.807, 2.05) is 27.7 Å². The molecule has 118 valence electrons. The predicted molar refractivity (Wildman–Crippen MR) is 81.8 cm³/mol. The third-order valence-corrected chi connectivity index (χ3v) is 3.70. The summed E-state index contributed by atoms with van der Waals surface area (Å²) >= 11 is 0. The van der Waals surface area contributed by atoms with Crippen molar-refractivity contribution in [3.8, 4) is 0 Å². The Bertz CT molecular complexity index is 302. The van der Waals surface area contributed by atoms with Crippen LogP contribution in [0, 0.1) is 0 Å². The topological polar surface area (TPSA) is 64.6 Å². The second-order valence-corrected chi connectivity index (χ2v) is 6.71. The number of amides is 2. The van der Waals surface area contributed by atoms with E-state index in [1.165, 1.54) is 12.8 Å². The minimum absolute atomic E-state index is 0.123. The molecule has 20 heavy (non-hydrogen) atoms. The molecule has 1 rings (SSSR count). The average molecular weight is 285 g/mol. The number of carbonyl (C=O) groups excluding carboxylic acids is 1. The van der Waals surface area contributed by atoms with Crippen LogP contribution in [0.25, 0.3) is 0 Å². The SMILES string of the molecule is CCC(O)C1CCCCN1CCNC(=O)NC(C)(C)C. The monoisotopic (exact) mass is 285 g/mol. The first-order chi connectivity index (χ1) is 9.33. The number of aliphatic hydroxyl groups excluding tert-OH is 1. The summed E-state index contributed by atoms with van der Waals surface area (Å²) in [7, 11) is 0. The summed E-state index contributed by atoms with van der Waals surface area (Å²) in [5.41, 5.74) is -0.212. The van der Waals surface area contributed by atoms with Crippen LogP contribution in [-0.4, -0.2) is 53.4 Å². The first-order valence-corrected chi connectivity index (χ1v) is 7.81. The minimum Gasteiger partial charge on any atom is -0.392 e. The molecule has 1 aliphatic rings. The summed E-state index contributed by atoms with van der Waals surface area (Å²) in [5, 5.41) is 15.8. The van der Waals surface area contributed by atoms with Gasteiger partial charge in [-0.15, -0.1) is 0 Å². The fraction of sp³-hybridized carbons (Fsp3) is 0.933. The Morgan fingerprint density at radius 1 is 1.40 bits per heavy atom. The summed E-state index contributed by atoms with van der Waals surface area (Å²) in [6.45, 7) is 10.4. The van der Waals surface area contributed by atoms with Gasteiger partial charge in [-0.3, -0.25) is 4.90 Å². The number of hydrogen-bond donors (Lipinski definition) is 3. The number of urea groups is 1. The van der Waals surface area contributed by atoms with Gasteiger partial charge in [0.15, 0.2) is 0 Å². The lowest BCUT2D eigenvalue weighted by Gasteiger charge is -2.38. The van der Waals surface area contributed by atoms with Crippen molar-refractivity contribution >= 4 is 6.03 Å². The maximum absolute atomic E-state index is 11.7. The molecule has 1 saturated heterocycles. The second kappa shape index (κ2) is 7.84. The van der Waals surface area contributed by atoms with E-state index in [1.54, 1.807) is 0 Å². The van der Waals surface area contributed by atoms with Gasteiger partial charge in [-0.05, 0) is 46.6 Å². The van der Waals surface area contributed by atoms with E-state index in [0.717, 1.165) is 25.9 Å². The van der Waals surface area contributed by atoms with Gasteiger partial charge in [-0.1, -0.05) is 13.3 Å². The molecule has 2 atom stereocenters. The van der Waals surface area contributed by atoms with Gasteiger partial charge in [0.2, 0.25) is 0 Å². The highest BCUT2D eigenvalue weighted by atomic mass is 16.3. The van der Waals surface area contributed by atoms with Crippen molar-refractivity contribution in [1.29, 1.82) is 0 Å². The van der Waals surface area contributed by atoms with Gasteiger partial charge in [0.25, 0.3) is 0 Å². The van der Waals surface area contributed by atoms with Crippen LogP contribution < -0.4 is 10.6 Å². The number of likely N-dealkylation sites (tertiary alicyclic amines) is 1. The molecular formula is C15H31N3O2. The molecule has 2 amide bonds. The highest BCUT2D eigenvalue weighted by Crippen LogP contribution is 2.20. The van der Waals surface area contributed by atoms with Crippen LogP contribution in [-0.2, 0) is 0 Å². The summed E-state index contributed by atoms with van der Waals surface area (Å²) in [6, 6.07) is 0.128. The van der Waals surface area contributed by atoms with Gasteiger partial charge >= 0.3 is 6.03 Å². The maximum atomic E-state index is 11.7. The van der Waals surface area contributed by atoms with Crippen molar-refractivity contribution in [2.75, 3.05) is 19.6 Å². The van der Waals surface area contributed by atoms with Gasteiger partial charge in [-0.2, -0.15) is 0 Å². The van der Waals surface area contributed by atoms with Crippen molar-refractivity contribution in [1.82, 2.24) is 15.5 Å². The lowest BCUT2D eigenvalue weighted by Crippen LogP contribution is -2.51. The zero-order chi connectivity index (χ0) is 15.2. The number of aliphatic hydroxyl groups is 1. The summed E-state index contributed by atoms with van der Waals surface area (Å²) in [6.07, 6.45) is 3.97. The molecule has 0 radical (unpaired) electrons. The maximum Gasteiger partial charge on any atom is 0.315 e. The van der Waals surface area contributed by atoms with Crippen LogP contribution in [0.3, 0.4) is 0 Å². The molecule has 0 aromatic carbocycles. The molecule has 1 aliphatic heterocycles. The van der Waals surface area contributed by atoms with E-state index in [2.05, 4.69) is 15.5 Å². The quantitative estimate of drug-likeness (QED) is 0.720. The van der Waals surface area contributed by atoms with E-state index in [9.17, 15) is 9.90 Å². The standard InChI is InChI=1S/C15H31N3O2/c1-5-13(19)12-8-6-7-10-18(12)11-9-16-14(20)17-15(2,3)4/h12-13,19H,5-11H2,1-4H3,(H2,16,17,20). The molecule has 1 fully saturated rings. The first-order valence-electron chi connectivity index (χ1n) is 7.81. The van der Waals surface area contributed by atoms with Crippen LogP contribution >= 0.6 is 0 Å². The number of piperidine rings is 1. The molecular weight excluding hydrogens is 254 g/mol. The van der Waals surface area contributed by atoms with Gasteiger partial charge in [0, 0.05) is 24.7 Å². The molecule has 0 bridgehead atoms. The van der Waals surface area contributed by atoms with Crippen molar-refractivity contribution in [2.45, 2.75) is 71.1 Å². The number of nitrogens with zero attached hydrogens (tertiary/aromatic N) is 1. The number of hydrogen-bond acceptors (Lipinski definition) is 3. The average Bonchev–Trinajstić information content (AvgIpc) is 2.36. The van der Waals surface area contributed by atoms with Crippen molar-refractivity contribution < 1.29 is 9.90 Å². The number of nitrogens with one attached hydrogen (secondary N) is 2. The third-order valence-electron chi connectivity index (χ3n) is 3.70. The van der Waals surface area contributed by atoms with E-state index in [-0.39, 0.29) is 23.7 Å². The summed E-state index contributed by atoms with van der Waals surface area (Å²) < 4.78 is 0. The Morgan fingerprint density at radius 3 is 2.70 bits per heavy atom. The third kappa shape index (κ3) is 6.09. The van der Waals surface area contributed by atoms with Crippen molar-refractivity contribution in [3.63, 3.8) is 0 Å². The Morgan fingerprint density at radius 2 is 2.10 bits per heavy atom. The van der Waals surface area contributed by atoms with E-state index in [4.69, 9.17) is 0 Å². The van der Waals surface area contributed by atoms with E-state index >= 15 is 0 Å². The largest absolute Gasteiger partial charge is 0.392 e. The zero-order valence-corrected chi connectivity index (χ0v) is 13.4. The predicted octanol–water partition coefficient (Wildman–Crippen LogP) is 1.71. The normalized spacial score (nSPS) is 22.4. The lowest BCUT2D eigenvalue weighted by molar-refractivity contribution is 0.0251. The van der Waals surface area contributed by atoms with Gasteiger partial charge < -0.3 is 15.7 Å². The Kier molecular flexibility index (Phi) is 6.76. The Hall–Kier alpha value is -0.810. The number of rotatable bonds is 5. The molecule has 0 aromatic rings. The lowest BCUT2D eigenvalue weighted by atomic mass is 9.96. The fourth-order valence-corrected chi connectivity index (χ4v) is 2.70.